The van der Waals surface area contributed by atoms with Crippen LogP contribution in [0.2, 0.25) is 0 Å². The molecule has 2 rings (SSSR count). The number of amides is 1. The lowest BCUT2D eigenvalue weighted by atomic mass is 10.1. The van der Waals surface area contributed by atoms with Gasteiger partial charge in [0.15, 0.2) is 0 Å². The molecule has 0 atom stereocenters. The number of aryl methyl sites for hydroxylation is 2. The van der Waals surface area contributed by atoms with Crippen LogP contribution in [0.4, 0.5) is 5.69 Å². The SMILES string of the molecule is CCN(C(=O)c1cncc(C)c1)c1cc(O)ccc1C. The van der Waals surface area contributed by atoms with Crippen LogP contribution in [0.1, 0.15) is 28.4 Å². The summed E-state index contributed by atoms with van der Waals surface area (Å²) in [5.74, 6) is 0.0385. The maximum absolute atomic E-state index is 12.6. The summed E-state index contributed by atoms with van der Waals surface area (Å²) in [6.45, 7) is 6.25. The van der Waals surface area contributed by atoms with Crippen molar-refractivity contribution in [3.8, 4) is 5.75 Å². The highest BCUT2D eigenvalue weighted by Gasteiger charge is 2.18. The Hall–Kier alpha value is -2.36. The molecule has 0 unspecified atom stereocenters. The van der Waals surface area contributed by atoms with Crippen molar-refractivity contribution >= 4 is 11.6 Å². The minimum Gasteiger partial charge on any atom is -0.508 e. The van der Waals surface area contributed by atoms with Crippen molar-refractivity contribution in [3.63, 3.8) is 0 Å². The molecule has 1 aromatic carbocycles. The number of pyridine rings is 1. The van der Waals surface area contributed by atoms with Crippen LogP contribution in [0.25, 0.3) is 0 Å². The molecule has 4 nitrogen and oxygen atoms in total. The lowest BCUT2D eigenvalue weighted by Gasteiger charge is -2.23. The van der Waals surface area contributed by atoms with E-state index in [0.29, 0.717) is 12.1 Å². The maximum atomic E-state index is 12.6. The van der Waals surface area contributed by atoms with Gasteiger partial charge < -0.3 is 10.0 Å². The summed E-state index contributed by atoms with van der Waals surface area (Å²) in [6.07, 6.45) is 3.28. The van der Waals surface area contributed by atoms with Gasteiger partial charge in [-0.15, -0.1) is 0 Å². The molecule has 0 aliphatic heterocycles. The first-order valence-electron chi connectivity index (χ1n) is 6.56. The Morgan fingerprint density at radius 2 is 2.00 bits per heavy atom. The second-order valence-corrected chi connectivity index (χ2v) is 4.77. The monoisotopic (exact) mass is 270 g/mol. The fraction of sp³-hybridized carbons (Fsp3) is 0.250. The highest BCUT2D eigenvalue weighted by molar-refractivity contribution is 6.06. The number of aromatic nitrogens is 1. The first-order chi connectivity index (χ1) is 9.52. The molecule has 104 valence electrons. The predicted octanol–water partition coefficient (Wildman–Crippen LogP) is 3.07. The van der Waals surface area contributed by atoms with Crippen LogP contribution in [0.15, 0.2) is 36.7 Å². The quantitative estimate of drug-likeness (QED) is 0.932. The minimum absolute atomic E-state index is 0.114. The number of carbonyl (C=O) groups is 1. The first-order valence-corrected chi connectivity index (χ1v) is 6.56. The molecule has 1 heterocycles. The average Bonchev–Trinajstić information content (AvgIpc) is 2.43. The first kappa shape index (κ1) is 14.1. The molecule has 1 aromatic heterocycles. The van der Waals surface area contributed by atoms with Crippen molar-refractivity contribution in [3.05, 3.63) is 53.3 Å². The molecule has 0 radical (unpaired) electrons. The highest BCUT2D eigenvalue weighted by atomic mass is 16.3. The lowest BCUT2D eigenvalue weighted by molar-refractivity contribution is 0.0987. The van der Waals surface area contributed by atoms with Crippen molar-refractivity contribution in [1.82, 2.24) is 4.98 Å². The van der Waals surface area contributed by atoms with Crippen LogP contribution in [-0.2, 0) is 0 Å². The molecule has 0 aliphatic carbocycles. The number of nitrogens with zero attached hydrogens (tertiary/aromatic N) is 2. The zero-order valence-corrected chi connectivity index (χ0v) is 11.9. The van der Waals surface area contributed by atoms with E-state index in [1.165, 1.54) is 0 Å². The zero-order chi connectivity index (χ0) is 14.7. The third kappa shape index (κ3) is 2.79. The molecular formula is C16H18N2O2. The van der Waals surface area contributed by atoms with Crippen LogP contribution in [0.3, 0.4) is 0 Å². The smallest absolute Gasteiger partial charge is 0.259 e. The van der Waals surface area contributed by atoms with Gasteiger partial charge in [0.1, 0.15) is 5.75 Å². The molecule has 0 spiro atoms. The van der Waals surface area contributed by atoms with Crippen LogP contribution in [0, 0.1) is 13.8 Å². The standard InChI is InChI=1S/C16H18N2O2/c1-4-18(15-8-14(19)6-5-12(15)3)16(20)13-7-11(2)9-17-10-13/h5-10,19H,4H2,1-3H3. The van der Waals surface area contributed by atoms with Gasteiger partial charge in [0.25, 0.3) is 5.91 Å². The van der Waals surface area contributed by atoms with E-state index in [1.54, 1.807) is 35.5 Å². The Morgan fingerprint density at radius 3 is 2.65 bits per heavy atom. The third-order valence-corrected chi connectivity index (χ3v) is 3.17. The second-order valence-electron chi connectivity index (χ2n) is 4.77. The molecule has 0 saturated heterocycles. The minimum atomic E-state index is -0.114. The summed E-state index contributed by atoms with van der Waals surface area (Å²) in [5, 5.41) is 9.63. The molecular weight excluding hydrogens is 252 g/mol. The molecule has 2 aromatic rings. The largest absolute Gasteiger partial charge is 0.508 e. The summed E-state index contributed by atoms with van der Waals surface area (Å²) < 4.78 is 0. The van der Waals surface area contributed by atoms with Gasteiger partial charge >= 0.3 is 0 Å². The summed E-state index contributed by atoms with van der Waals surface area (Å²) in [5.41, 5.74) is 3.16. The number of rotatable bonds is 3. The number of aromatic hydroxyl groups is 1. The van der Waals surface area contributed by atoms with E-state index < -0.39 is 0 Å². The summed E-state index contributed by atoms with van der Waals surface area (Å²) in [7, 11) is 0. The number of hydrogen-bond acceptors (Lipinski definition) is 3. The molecule has 20 heavy (non-hydrogen) atoms. The van der Waals surface area contributed by atoms with E-state index in [-0.39, 0.29) is 11.7 Å². The van der Waals surface area contributed by atoms with E-state index in [1.807, 2.05) is 26.8 Å². The topological polar surface area (TPSA) is 53.4 Å². The van der Waals surface area contributed by atoms with E-state index in [2.05, 4.69) is 4.98 Å². The Kier molecular flexibility index (Phi) is 4.03. The van der Waals surface area contributed by atoms with Crippen molar-refractivity contribution in [2.45, 2.75) is 20.8 Å². The van der Waals surface area contributed by atoms with Gasteiger partial charge in [-0.25, -0.2) is 0 Å². The van der Waals surface area contributed by atoms with E-state index >= 15 is 0 Å². The fourth-order valence-corrected chi connectivity index (χ4v) is 2.14. The van der Waals surface area contributed by atoms with Crippen LogP contribution in [0.5, 0.6) is 5.75 Å². The maximum Gasteiger partial charge on any atom is 0.259 e. The molecule has 0 fully saturated rings. The molecule has 4 heteroatoms. The molecule has 0 bridgehead atoms. The highest BCUT2D eigenvalue weighted by Crippen LogP contribution is 2.26. The number of carbonyl (C=O) groups excluding carboxylic acids is 1. The van der Waals surface area contributed by atoms with Gasteiger partial charge in [-0.3, -0.25) is 9.78 Å². The van der Waals surface area contributed by atoms with Gasteiger partial charge in [-0.05, 0) is 44.0 Å². The number of phenols is 1. The molecule has 1 amide bonds. The van der Waals surface area contributed by atoms with Gasteiger partial charge in [0.2, 0.25) is 0 Å². The Bertz CT molecular complexity index is 638. The van der Waals surface area contributed by atoms with Gasteiger partial charge in [-0.2, -0.15) is 0 Å². The van der Waals surface area contributed by atoms with Gasteiger partial charge in [-0.1, -0.05) is 6.07 Å². The number of anilines is 1. The average molecular weight is 270 g/mol. The Balaban J connectivity index is 2.42. The van der Waals surface area contributed by atoms with Gasteiger partial charge in [0.05, 0.1) is 11.3 Å². The van der Waals surface area contributed by atoms with Crippen molar-refractivity contribution in [1.29, 1.82) is 0 Å². The van der Waals surface area contributed by atoms with E-state index in [0.717, 1.165) is 16.8 Å². The Morgan fingerprint density at radius 1 is 1.25 bits per heavy atom. The molecule has 0 aliphatic rings. The van der Waals surface area contributed by atoms with Crippen molar-refractivity contribution in [2.24, 2.45) is 0 Å². The fourth-order valence-electron chi connectivity index (χ4n) is 2.14. The molecule has 0 saturated carbocycles. The normalized spacial score (nSPS) is 10.3. The van der Waals surface area contributed by atoms with E-state index in [9.17, 15) is 9.90 Å². The van der Waals surface area contributed by atoms with Crippen molar-refractivity contribution in [2.75, 3.05) is 11.4 Å². The van der Waals surface area contributed by atoms with Crippen LogP contribution >= 0.6 is 0 Å². The zero-order valence-electron chi connectivity index (χ0n) is 11.9. The van der Waals surface area contributed by atoms with E-state index in [4.69, 9.17) is 0 Å². The van der Waals surface area contributed by atoms with Crippen molar-refractivity contribution < 1.29 is 9.90 Å². The van der Waals surface area contributed by atoms with Gasteiger partial charge in [0, 0.05) is 25.0 Å². The second kappa shape index (κ2) is 5.74. The number of benzene rings is 1. The Labute approximate surface area is 118 Å². The lowest BCUT2D eigenvalue weighted by Crippen LogP contribution is -2.31. The summed E-state index contributed by atoms with van der Waals surface area (Å²) in [6, 6.07) is 6.84. The molecule has 1 N–H and O–H groups in total. The summed E-state index contributed by atoms with van der Waals surface area (Å²) in [4.78, 5) is 18.3. The van der Waals surface area contributed by atoms with Crippen LogP contribution < -0.4 is 4.90 Å². The number of hydrogen-bond donors (Lipinski definition) is 1. The number of phenolic OH excluding ortho intramolecular Hbond substituents is 1. The predicted molar refractivity (Wildman–Crippen MR) is 79.2 cm³/mol. The van der Waals surface area contributed by atoms with Crippen LogP contribution in [-0.4, -0.2) is 22.5 Å². The third-order valence-electron chi connectivity index (χ3n) is 3.17. The summed E-state index contributed by atoms with van der Waals surface area (Å²) >= 11 is 0.